The lowest BCUT2D eigenvalue weighted by atomic mass is 9.68. The highest BCUT2D eigenvalue weighted by atomic mass is 32.1. The largest absolute Gasteiger partial charge is 0.396 e. The highest BCUT2D eigenvalue weighted by Gasteiger charge is 2.35. The topological polar surface area (TPSA) is 33.1 Å². The molecule has 114 valence electrons. The fourth-order valence-electron chi connectivity index (χ4n) is 3.40. The predicted molar refractivity (Wildman–Crippen MR) is 86.3 cm³/mol. The summed E-state index contributed by atoms with van der Waals surface area (Å²) < 4.78 is 0. The number of aromatic nitrogens is 1. The number of aliphatic hydroxyl groups is 1. The molecule has 2 nitrogen and oxygen atoms in total. The molecule has 1 saturated carbocycles. The van der Waals surface area contributed by atoms with Crippen molar-refractivity contribution in [2.24, 2.45) is 11.3 Å². The van der Waals surface area contributed by atoms with E-state index in [1.165, 1.54) is 54.8 Å². The molecule has 20 heavy (non-hydrogen) atoms. The zero-order valence-corrected chi connectivity index (χ0v) is 14.1. The molecule has 0 aromatic carbocycles. The SMILES string of the molecule is CCCCC1CCC(CO)(Cc2nc(C)c(C)s2)CC1. The van der Waals surface area contributed by atoms with Gasteiger partial charge >= 0.3 is 0 Å². The summed E-state index contributed by atoms with van der Waals surface area (Å²) in [6.45, 7) is 6.82. The van der Waals surface area contributed by atoms with Crippen molar-refractivity contribution in [2.75, 3.05) is 6.61 Å². The third kappa shape index (κ3) is 3.82. The number of aliphatic hydroxyl groups excluding tert-OH is 1. The number of aryl methyl sites for hydroxylation is 2. The van der Waals surface area contributed by atoms with Crippen LogP contribution in [-0.2, 0) is 6.42 Å². The highest BCUT2D eigenvalue weighted by Crippen LogP contribution is 2.43. The fourth-order valence-corrected chi connectivity index (χ4v) is 4.51. The number of thiazole rings is 1. The molecule has 0 bridgehead atoms. The van der Waals surface area contributed by atoms with Gasteiger partial charge in [-0.3, -0.25) is 0 Å². The summed E-state index contributed by atoms with van der Waals surface area (Å²) in [5, 5.41) is 11.1. The monoisotopic (exact) mass is 295 g/mol. The Balaban J connectivity index is 1.94. The smallest absolute Gasteiger partial charge is 0.0937 e. The standard InChI is InChI=1S/C17H29NOS/c1-4-5-6-15-7-9-17(12-19,10-8-15)11-16-18-13(2)14(3)20-16/h15,19H,4-12H2,1-3H3. The Morgan fingerprint density at radius 2 is 2.00 bits per heavy atom. The van der Waals surface area contributed by atoms with E-state index < -0.39 is 0 Å². The molecule has 0 spiro atoms. The molecule has 1 aliphatic rings. The quantitative estimate of drug-likeness (QED) is 0.828. The van der Waals surface area contributed by atoms with E-state index in [2.05, 4.69) is 25.8 Å². The number of nitrogens with zero attached hydrogens (tertiary/aromatic N) is 1. The van der Waals surface area contributed by atoms with Crippen LogP contribution in [0.5, 0.6) is 0 Å². The van der Waals surface area contributed by atoms with Gasteiger partial charge in [0.05, 0.1) is 10.7 Å². The van der Waals surface area contributed by atoms with Gasteiger partial charge < -0.3 is 5.11 Å². The Kier molecular flexibility index (Phi) is 5.62. The van der Waals surface area contributed by atoms with Gasteiger partial charge in [0.1, 0.15) is 0 Å². The van der Waals surface area contributed by atoms with E-state index in [4.69, 9.17) is 0 Å². The minimum atomic E-state index is 0.111. The average Bonchev–Trinajstić information content (AvgIpc) is 2.76. The maximum atomic E-state index is 9.92. The van der Waals surface area contributed by atoms with Crippen LogP contribution in [0, 0.1) is 25.2 Å². The van der Waals surface area contributed by atoms with Gasteiger partial charge in [-0.2, -0.15) is 0 Å². The Morgan fingerprint density at radius 3 is 2.50 bits per heavy atom. The molecule has 2 rings (SSSR count). The van der Waals surface area contributed by atoms with Crippen molar-refractivity contribution in [2.45, 2.75) is 72.1 Å². The van der Waals surface area contributed by atoms with E-state index in [-0.39, 0.29) is 5.41 Å². The molecule has 0 atom stereocenters. The summed E-state index contributed by atoms with van der Waals surface area (Å²) in [5.74, 6) is 0.898. The van der Waals surface area contributed by atoms with E-state index in [0.29, 0.717) is 6.61 Å². The van der Waals surface area contributed by atoms with Crippen LogP contribution < -0.4 is 0 Å². The van der Waals surface area contributed by atoms with E-state index in [1.54, 1.807) is 0 Å². The maximum Gasteiger partial charge on any atom is 0.0937 e. The van der Waals surface area contributed by atoms with Gasteiger partial charge in [0.15, 0.2) is 0 Å². The summed E-state index contributed by atoms with van der Waals surface area (Å²) in [5.41, 5.74) is 1.27. The summed E-state index contributed by atoms with van der Waals surface area (Å²) in [6.07, 6.45) is 9.97. The van der Waals surface area contributed by atoms with Gasteiger partial charge in [0.25, 0.3) is 0 Å². The third-order valence-corrected chi connectivity index (χ3v) is 6.14. The van der Waals surface area contributed by atoms with Crippen molar-refractivity contribution in [3.05, 3.63) is 15.6 Å². The second-order valence-corrected chi connectivity index (χ2v) is 7.96. The van der Waals surface area contributed by atoms with Crippen LogP contribution in [0.15, 0.2) is 0 Å². The van der Waals surface area contributed by atoms with Crippen molar-refractivity contribution >= 4 is 11.3 Å². The van der Waals surface area contributed by atoms with Crippen LogP contribution >= 0.6 is 11.3 Å². The molecule has 1 fully saturated rings. The molecule has 1 aliphatic carbocycles. The van der Waals surface area contributed by atoms with Gasteiger partial charge in [-0.25, -0.2) is 4.98 Å². The van der Waals surface area contributed by atoms with Gasteiger partial charge in [-0.15, -0.1) is 11.3 Å². The first-order valence-corrected chi connectivity index (χ1v) is 8.94. The van der Waals surface area contributed by atoms with Crippen LogP contribution in [-0.4, -0.2) is 16.7 Å². The first kappa shape index (κ1) is 16.0. The van der Waals surface area contributed by atoms with Gasteiger partial charge in [-0.1, -0.05) is 26.2 Å². The molecule has 0 radical (unpaired) electrons. The zero-order chi connectivity index (χ0) is 14.6. The molecular formula is C17H29NOS. The molecule has 0 saturated heterocycles. The highest BCUT2D eigenvalue weighted by molar-refractivity contribution is 7.11. The molecule has 1 aromatic heterocycles. The van der Waals surface area contributed by atoms with Crippen LogP contribution in [0.3, 0.4) is 0 Å². The third-order valence-electron chi connectivity index (χ3n) is 5.07. The summed E-state index contributed by atoms with van der Waals surface area (Å²) >= 11 is 1.81. The molecule has 3 heteroatoms. The Hall–Kier alpha value is -0.410. The lowest BCUT2D eigenvalue weighted by molar-refractivity contribution is 0.0620. The van der Waals surface area contributed by atoms with Crippen molar-refractivity contribution in [3.63, 3.8) is 0 Å². The van der Waals surface area contributed by atoms with Crippen LogP contribution in [0.2, 0.25) is 0 Å². The molecular weight excluding hydrogens is 266 g/mol. The lowest BCUT2D eigenvalue weighted by Gasteiger charge is -2.38. The minimum Gasteiger partial charge on any atom is -0.396 e. The lowest BCUT2D eigenvalue weighted by Crippen LogP contribution is -2.33. The number of hydrogen-bond donors (Lipinski definition) is 1. The summed E-state index contributed by atoms with van der Waals surface area (Å²) in [4.78, 5) is 6.00. The van der Waals surface area contributed by atoms with E-state index in [0.717, 1.165) is 18.0 Å². The average molecular weight is 295 g/mol. The predicted octanol–water partition coefficient (Wildman–Crippen LogP) is 4.66. The molecule has 1 heterocycles. The fraction of sp³-hybridized carbons (Fsp3) is 0.824. The van der Waals surface area contributed by atoms with Crippen LogP contribution in [0.4, 0.5) is 0 Å². The second-order valence-electron chi connectivity index (χ2n) is 6.67. The molecule has 1 aromatic rings. The van der Waals surface area contributed by atoms with Crippen molar-refractivity contribution in [3.8, 4) is 0 Å². The van der Waals surface area contributed by atoms with Gasteiger partial charge in [0.2, 0.25) is 0 Å². The maximum absolute atomic E-state index is 9.92. The van der Waals surface area contributed by atoms with E-state index in [9.17, 15) is 5.11 Å². The zero-order valence-electron chi connectivity index (χ0n) is 13.2. The summed E-state index contributed by atoms with van der Waals surface area (Å²) in [6, 6.07) is 0. The van der Waals surface area contributed by atoms with Crippen LogP contribution in [0.1, 0.15) is 67.4 Å². The molecule has 0 amide bonds. The van der Waals surface area contributed by atoms with Gasteiger partial charge in [-0.05, 0) is 50.9 Å². The van der Waals surface area contributed by atoms with Crippen molar-refractivity contribution < 1.29 is 5.11 Å². The van der Waals surface area contributed by atoms with Crippen molar-refractivity contribution in [1.82, 2.24) is 4.98 Å². The van der Waals surface area contributed by atoms with Crippen molar-refractivity contribution in [1.29, 1.82) is 0 Å². The van der Waals surface area contributed by atoms with Gasteiger partial charge in [0, 0.05) is 17.9 Å². The van der Waals surface area contributed by atoms with E-state index in [1.807, 2.05) is 11.3 Å². The Bertz CT molecular complexity index is 399. The number of unbranched alkanes of at least 4 members (excludes halogenated alkanes) is 1. The Morgan fingerprint density at radius 1 is 1.30 bits per heavy atom. The first-order valence-electron chi connectivity index (χ1n) is 8.12. The second kappa shape index (κ2) is 7.04. The minimum absolute atomic E-state index is 0.111. The molecule has 0 unspecified atom stereocenters. The molecule has 1 N–H and O–H groups in total. The number of hydrogen-bond acceptors (Lipinski definition) is 3. The molecule has 0 aliphatic heterocycles. The Labute approximate surface area is 127 Å². The summed E-state index contributed by atoms with van der Waals surface area (Å²) in [7, 11) is 0. The van der Waals surface area contributed by atoms with E-state index >= 15 is 0 Å². The normalized spacial score (nSPS) is 26.9. The first-order chi connectivity index (χ1) is 9.58. The number of rotatable bonds is 6. The van der Waals surface area contributed by atoms with Crippen LogP contribution in [0.25, 0.3) is 0 Å².